The highest BCUT2D eigenvalue weighted by Gasteiger charge is 2.15. The molecule has 0 amide bonds. The van der Waals surface area contributed by atoms with E-state index in [1.54, 1.807) is 25.3 Å². The molecule has 2 aromatic rings. The highest BCUT2D eigenvalue weighted by molar-refractivity contribution is 9.10. The average Bonchev–Trinajstić information content (AvgIpc) is 2.64. The molecular weight excluding hydrogens is 422 g/mol. The molecule has 0 spiro atoms. The average molecular weight is 438 g/mol. The zero-order valence-corrected chi connectivity index (χ0v) is 16.3. The van der Waals surface area contributed by atoms with Crippen molar-refractivity contribution in [2.24, 2.45) is 0 Å². The quantitative estimate of drug-likeness (QED) is 0.531. The first-order chi connectivity index (χ1) is 12.4. The predicted octanol–water partition coefficient (Wildman–Crippen LogP) is 2.73. The summed E-state index contributed by atoms with van der Waals surface area (Å²) in [5, 5.41) is 0. The Morgan fingerprint density at radius 3 is 2.50 bits per heavy atom. The van der Waals surface area contributed by atoms with Crippen molar-refractivity contribution in [2.45, 2.75) is 11.5 Å². The van der Waals surface area contributed by atoms with Crippen LogP contribution in [0.5, 0.6) is 5.75 Å². The standard InChI is InChI=1S/C18H16BrNO5S/c1-3-10-20-26(22,23)15-7-5-14(6-8-15)18(21)25-12-13-4-9-17(24-2)16(19)11-13/h1,4-9,11,20H,10,12H2,2H3. The molecule has 0 unspecified atom stereocenters. The second kappa shape index (κ2) is 8.85. The summed E-state index contributed by atoms with van der Waals surface area (Å²) in [4.78, 5) is 12.1. The Morgan fingerprint density at radius 2 is 1.92 bits per heavy atom. The summed E-state index contributed by atoms with van der Waals surface area (Å²) in [5.74, 6) is 2.31. The monoisotopic (exact) mass is 437 g/mol. The molecule has 1 N–H and O–H groups in total. The number of rotatable bonds is 7. The van der Waals surface area contributed by atoms with Crippen LogP contribution in [0.4, 0.5) is 0 Å². The van der Waals surface area contributed by atoms with Gasteiger partial charge in [-0.25, -0.2) is 13.2 Å². The molecule has 0 aromatic heterocycles. The maximum atomic E-state index is 12.1. The van der Waals surface area contributed by atoms with Crippen molar-refractivity contribution in [1.29, 1.82) is 0 Å². The van der Waals surface area contributed by atoms with Gasteiger partial charge in [0.1, 0.15) is 12.4 Å². The van der Waals surface area contributed by atoms with Gasteiger partial charge in [0.25, 0.3) is 0 Å². The summed E-state index contributed by atoms with van der Waals surface area (Å²) < 4.78 is 37.2. The summed E-state index contributed by atoms with van der Waals surface area (Å²) in [6.07, 6.45) is 5.04. The second-order valence-electron chi connectivity index (χ2n) is 5.10. The minimum atomic E-state index is -3.69. The van der Waals surface area contributed by atoms with E-state index in [0.29, 0.717) is 5.75 Å². The van der Waals surface area contributed by atoms with Crippen molar-refractivity contribution < 1.29 is 22.7 Å². The molecule has 0 radical (unpaired) electrons. The molecule has 8 heteroatoms. The van der Waals surface area contributed by atoms with E-state index in [1.807, 2.05) is 0 Å². The van der Waals surface area contributed by atoms with E-state index >= 15 is 0 Å². The number of halogens is 1. The van der Waals surface area contributed by atoms with Crippen molar-refractivity contribution in [1.82, 2.24) is 4.72 Å². The van der Waals surface area contributed by atoms with E-state index in [1.165, 1.54) is 24.3 Å². The molecule has 6 nitrogen and oxygen atoms in total. The molecule has 2 aromatic carbocycles. The minimum absolute atomic E-state index is 0.0170. The smallest absolute Gasteiger partial charge is 0.338 e. The number of hydrogen-bond donors (Lipinski definition) is 1. The van der Waals surface area contributed by atoms with Crippen LogP contribution >= 0.6 is 15.9 Å². The predicted molar refractivity (Wildman–Crippen MR) is 100 cm³/mol. The molecule has 0 saturated heterocycles. The van der Waals surface area contributed by atoms with Gasteiger partial charge in [0.2, 0.25) is 10.0 Å². The molecule has 0 fully saturated rings. The number of hydrogen-bond acceptors (Lipinski definition) is 5. The summed E-state index contributed by atoms with van der Waals surface area (Å²) in [6, 6.07) is 10.7. The number of esters is 1. The van der Waals surface area contributed by atoms with Crippen LogP contribution in [0.2, 0.25) is 0 Å². The normalized spacial score (nSPS) is 10.8. The van der Waals surface area contributed by atoms with Crippen LogP contribution in [0.3, 0.4) is 0 Å². The van der Waals surface area contributed by atoms with Crippen LogP contribution in [-0.4, -0.2) is 28.0 Å². The number of ether oxygens (including phenoxy) is 2. The summed E-state index contributed by atoms with van der Waals surface area (Å²) in [7, 11) is -2.13. The first-order valence-corrected chi connectivity index (χ1v) is 9.67. The number of methoxy groups -OCH3 is 1. The van der Waals surface area contributed by atoms with Crippen LogP contribution < -0.4 is 9.46 Å². The fourth-order valence-corrected chi connectivity index (χ4v) is 3.54. The van der Waals surface area contributed by atoms with E-state index < -0.39 is 16.0 Å². The molecule has 26 heavy (non-hydrogen) atoms. The molecule has 0 aliphatic heterocycles. The van der Waals surface area contributed by atoms with Gasteiger partial charge in [-0.3, -0.25) is 0 Å². The number of terminal acetylenes is 1. The minimum Gasteiger partial charge on any atom is -0.496 e. The SMILES string of the molecule is C#CCNS(=O)(=O)c1ccc(C(=O)OCc2ccc(OC)c(Br)c2)cc1. The first kappa shape index (κ1) is 20.0. The van der Waals surface area contributed by atoms with Gasteiger partial charge in [0.05, 0.1) is 28.6 Å². The van der Waals surface area contributed by atoms with E-state index in [9.17, 15) is 13.2 Å². The second-order valence-corrected chi connectivity index (χ2v) is 7.72. The van der Waals surface area contributed by atoms with Crippen LogP contribution in [0.15, 0.2) is 51.8 Å². The molecule has 0 atom stereocenters. The Hall–Kier alpha value is -2.34. The Kier molecular flexibility index (Phi) is 6.80. The lowest BCUT2D eigenvalue weighted by Crippen LogP contribution is -2.23. The van der Waals surface area contributed by atoms with Gasteiger partial charge in [0.15, 0.2) is 0 Å². The van der Waals surface area contributed by atoms with Gasteiger partial charge >= 0.3 is 5.97 Å². The van der Waals surface area contributed by atoms with Crippen LogP contribution in [0.25, 0.3) is 0 Å². The maximum Gasteiger partial charge on any atom is 0.338 e. The number of benzene rings is 2. The lowest BCUT2D eigenvalue weighted by atomic mass is 10.2. The van der Waals surface area contributed by atoms with E-state index in [2.05, 4.69) is 26.6 Å². The highest BCUT2D eigenvalue weighted by atomic mass is 79.9. The third kappa shape index (κ3) is 5.08. The van der Waals surface area contributed by atoms with Crippen molar-refractivity contribution >= 4 is 31.9 Å². The molecule has 0 saturated carbocycles. The number of sulfonamides is 1. The van der Waals surface area contributed by atoms with Gasteiger partial charge in [0, 0.05) is 0 Å². The lowest BCUT2D eigenvalue weighted by molar-refractivity contribution is 0.0472. The van der Waals surface area contributed by atoms with Gasteiger partial charge < -0.3 is 9.47 Å². The van der Waals surface area contributed by atoms with Gasteiger partial charge in [-0.15, -0.1) is 6.42 Å². The summed E-state index contributed by atoms with van der Waals surface area (Å²) in [5.41, 5.74) is 1.03. The maximum absolute atomic E-state index is 12.1. The zero-order chi connectivity index (χ0) is 19.2. The Morgan fingerprint density at radius 1 is 1.23 bits per heavy atom. The number of nitrogens with one attached hydrogen (secondary N) is 1. The van der Waals surface area contributed by atoms with E-state index in [0.717, 1.165) is 10.0 Å². The Bertz CT molecular complexity index is 933. The van der Waals surface area contributed by atoms with Crippen LogP contribution in [0, 0.1) is 12.3 Å². The van der Waals surface area contributed by atoms with Crippen molar-refractivity contribution in [3.05, 3.63) is 58.1 Å². The summed E-state index contributed by atoms with van der Waals surface area (Å²) >= 11 is 3.36. The zero-order valence-electron chi connectivity index (χ0n) is 13.9. The lowest BCUT2D eigenvalue weighted by Gasteiger charge is -2.08. The van der Waals surface area contributed by atoms with Crippen LogP contribution in [-0.2, 0) is 21.4 Å². The fourth-order valence-electron chi connectivity index (χ4n) is 2.02. The van der Waals surface area contributed by atoms with Gasteiger partial charge in [-0.05, 0) is 57.9 Å². The van der Waals surface area contributed by atoms with Crippen LogP contribution in [0.1, 0.15) is 15.9 Å². The topological polar surface area (TPSA) is 81.7 Å². The largest absolute Gasteiger partial charge is 0.496 e. The summed E-state index contributed by atoms with van der Waals surface area (Å²) in [6.45, 7) is -0.0330. The third-order valence-electron chi connectivity index (χ3n) is 3.35. The Balaban J connectivity index is 2.02. The fraction of sp³-hybridized carbons (Fsp3) is 0.167. The van der Waals surface area contributed by atoms with Gasteiger partial charge in [-0.2, -0.15) is 4.72 Å². The molecule has 0 aliphatic carbocycles. The van der Waals surface area contributed by atoms with Crippen molar-refractivity contribution in [3.63, 3.8) is 0 Å². The molecule has 136 valence electrons. The molecule has 0 bridgehead atoms. The van der Waals surface area contributed by atoms with E-state index in [-0.39, 0.29) is 23.6 Å². The molecular formula is C18H16BrNO5S. The Labute approximate surface area is 160 Å². The first-order valence-electron chi connectivity index (χ1n) is 7.40. The van der Waals surface area contributed by atoms with Gasteiger partial charge in [-0.1, -0.05) is 12.0 Å². The third-order valence-corrected chi connectivity index (χ3v) is 5.39. The molecule has 0 aliphatic rings. The van der Waals surface area contributed by atoms with E-state index in [4.69, 9.17) is 15.9 Å². The molecule has 2 rings (SSSR count). The number of carbonyl (C=O) groups is 1. The highest BCUT2D eigenvalue weighted by Crippen LogP contribution is 2.25. The van der Waals surface area contributed by atoms with Crippen molar-refractivity contribution in [3.8, 4) is 18.1 Å². The number of carbonyl (C=O) groups excluding carboxylic acids is 1. The molecule has 0 heterocycles. The van der Waals surface area contributed by atoms with Crippen molar-refractivity contribution in [2.75, 3.05) is 13.7 Å².